The molecule has 0 aliphatic rings. The standard InChI is InChI=1S/C83H162O17P2/c1-7-9-11-13-15-17-19-21-23-25-26-28-30-32-37-41-49-55-61-67-82(87)99-78(71-93-80(85)65-59-53-47-40-36-31-29-27-24-22-20-18-16-14-12-10-8-2)73-97-101(89,90)95-69-77(84)70-96-102(91,92)98-74-79(72-94-81(86)66-60-54-48-44-43-46-52-58-64-76(5)6)100-83(88)68-62-56-50-42-38-34-33-35-39-45-51-57-63-75(3)4/h75-79,84H,7-74H2,1-6H3,(H,89,90)(H,91,92)/t77-,78-,79-/m1/s1. The van der Waals surface area contributed by atoms with Crippen LogP contribution in [0.3, 0.4) is 0 Å². The van der Waals surface area contributed by atoms with Gasteiger partial charge in [-0.3, -0.25) is 37.3 Å². The van der Waals surface area contributed by atoms with E-state index >= 15 is 0 Å². The molecule has 2 unspecified atom stereocenters. The maximum atomic E-state index is 13.1. The lowest BCUT2D eigenvalue weighted by molar-refractivity contribution is -0.161. The van der Waals surface area contributed by atoms with E-state index in [1.54, 1.807) is 0 Å². The highest BCUT2D eigenvalue weighted by molar-refractivity contribution is 7.47. The molecule has 606 valence electrons. The fourth-order valence-electron chi connectivity index (χ4n) is 12.9. The molecule has 19 heteroatoms. The molecule has 0 aromatic carbocycles. The Bertz CT molecular complexity index is 1960. The minimum absolute atomic E-state index is 0.107. The van der Waals surface area contributed by atoms with Gasteiger partial charge in [-0.15, -0.1) is 0 Å². The number of rotatable bonds is 82. The number of ether oxygens (including phenoxy) is 4. The first-order valence-corrected chi connectivity index (χ1v) is 46.0. The molecule has 0 aromatic rings. The predicted molar refractivity (Wildman–Crippen MR) is 418 cm³/mol. The number of phosphoric ester groups is 2. The van der Waals surface area contributed by atoms with Crippen LogP contribution < -0.4 is 0 Å². The van der Waals surface area contributed by atoms with Gasteiger partial charge in [0, 0.05) is 25.7 Å². The van der Waals surface area contributed by atoms with Crippen LogP contribution in [0.5, 0.6) is 0 Å². The molecular weight excluding hydrogens is 1330 g/mol. The van der Waals surface area contributed by atoms with Crippen molar-refractivity contribution in [3.05, 3.63) is 0 Å². The van der Waals surface area contributed by atoms with Crippen LogP contribution in [0.4, 0.5) is 0 Å². The van der Waals surface area contributed by atoms with Gasteiger partial charge in [-0.2, -0.15) is 0 Å². The van der Waals surface area contributed by atoms with Crippen LogP contribution in [0.15, 0.2) is 0 Å². The number of esters is 4. The highest BCUT2D eigenvalue weighted by Gasteiger charge is 2.30. The van der Waals surface area contributed by atoms with Gasteiger partial charge in [0.05, 0.1) is 26.4 Å². The van der Waals surface area contributed by atoms with Gasteiger partial charge in [-0.25, -0.2) is 9.13 Å². The molecule has 0 heterocycles. The Hall–Kier alpha value is -1.94. The molecule has 0 aliphatic heterocycles. The van der Waals surface area contributed by atoms with E-state index < -0.39 is 97.5 Å². The van der Waals surface area contributed by atoms with Crippen molar-refractivity contribution in [3.8, 4) is 0 Å². The number of hydrogen-bond acceptors (Lipinski definition) is 15. The van der Waals surface area contributed by atoms with E-state index in [9.17, 15) is 43.2 Å². The molecule has 0 spiro atoms. The average molecular weight is 1490 g/mol. The smallest absolute Gasteiger partial charge is 0.462 e. The fraction of sp³-hybridized carbons (Fsp3) is 0.952. The zero-order chi connectivity index (χ0) is 74.9. The molecule has 0 fully saturated rings. The Balaban J connectivity index is 5.25. The van der Waals surface area contributed by atoms with Crippen LogP contribution >= 0.6 is 15.6 Å². The fourth-order valence-corrected chi connectivity index (χ4v) is 14.5. The Morgan fingerprint density at radius 3 is 0.667 bits per heavy atom. The number of aliphatic hydroxyl groups excluding tert-OH is 1. The molecule has 17 nitrogen and oxygen atoms in total. The Kier molecular flexibility index (Phi) is 73.1. The molecule has 0 bridgehead atoms. The summed E-state index contributed by atoms with van der Waals surface area (Å²) in [5.74, 6) is -0.603. The van der Waals surface area contributed by atoms with Crippen molar-refractivity contribution in [1.82, 2.24) is 0 Å². The number of aliphatic hydroxyl groups is 1. The summed E-state index contributed by atoms with van der Waals surface area (Å²) in [6.45, 7) is 9.63. The van der Waals surface area contributed by atoms with Crippen LogP contribution in [-0.2, 0) is 65.4 Å². The summed E-state index contributed by atoms with van der Waals surface area (Å²) in [6.07, 6.45) is 65.3. The molecule has 0 saturated heterocycles. The number of hydrogen-bond donors (Lipinski definition) is 3. The lowest BCUT2D eigenvalue weighted by atomic mass is 10.0. The second-order valence-corrected chi connectivity index (χ2v) is 33.7. The third-order valence-electron chi connectivity index (χ3n) is 19.5. The largest absolute Gasteiger partial charge is 0.472 e. The van der Waals surface area contributed by atoms with Gasteiger partial charge >= 0.3 is 39.5 Å². The molecule has 5 atom stereocenters. The molecule has 3 N–H and O–H groups in total. The molecule has 0 amide bonds. The second-order valence-electron chi connectivity index (χ2n) is 30.8. The highest BCUT2D eigenvalue weighted by atomic mass is 31.2. The first-order valence-electron chi connectivity index (χ1n) is 43.0. The number of carbonyl (C=O) groups excluding carboxylic acids is 4. The van der Waals surface area contributed by atoms with Gasteiger partial charge in [-0.1, -0.05) is 388 Å². The van der Waals surface area contributed by atoms with E-state index in [2.05, 4.69) is 41.5 Å². The second kappa shape index (κ2) is 74.5. The van der Waals surface area contributed by atoms with Crippen molar-refractivity contribution < 1.29 is 80.2 Å². The van der Waals surface area contributed by atoms with Gasteiger partial charge in [0.2, 0.25) is 0 Å². The minimum atomic E-state index is -4.96. The third-order valence-corrected chi connectivity index (χ3v) is 21.4. The number of phosphoric acid groups is 2. The van der Waals surface area contributed by atoms with E-state index in [0.29, 0.717) is 25.7 Å². The van der Waals surface area contributed by atoms with E-state index in [1.165, 1.54) is 257 Å². The van der Waals surface area contributed by atoms with Crippen LogP contribution in [0.25, 0.3) is 0 Å². The van der Waals surface area contributed by atoms with Gasteiger partial charge in [-0.05, 0) is 37.5 Å². The van der Waals surface area contributed by atoms with Crippen molar-refractivity contribution in [2.75, 3.05) is 39.6 Å². The lowest BCUT2D eigenvalue weighted by Gasteiger charge is -2.21. The molecule has 0 radical (unpaired) electrons. The van der Waals surface area contributed by atoms with Crippen molar-refractivity contribution in [2.24, 2.45) is 11.8 Å². The molecule has 0 aliphatic carbocycles. The van der Waals surface area contributed by atoms with Crippen LogP contribution in [-0.4, -0.2) is 96.7 Å². The van der Waals surface area contributed by atoms with Crippen molar-refractivity contribution >= 4 is 39.5 Å². The number of carbonyl (C=O) groups is 4. The predicted octanol–water partition coefficient (Wildman–Crippen LogP) is 25.1. The average Bonchev–Trinajstić information content (AvgIpc) is 0.916. The molecule has 0 rings (SSSR count). The summed E-state index contributed by atoms with van der Waals surface area (Å²) in [6, 6.07) is 0. The van der Waals surface area contributed by atoms with Gasteiger partial charge in [0.15, 0.2) is 12.2 Å². The van der Waals surface area contributed by atoms with E-state index in [4.69, 9.17) is 37.0 Å². The Morgan fingerprint density at radius 2 is 0.451 bits per heavy atom. The first-order chi connectivity index (χ1) is 49.4. The van der Waals surface area contributed by atoms with Crippen molar-refractivity contribution in [2.45, 2.75) is 458 Å². The van der Waals surface area contributed by atoms with E-state index in [-0.39, 0.29) is 25.7 Å². The van der Waals surface area contributed by atoms with Crippen molar-refractivity contribution in [1.29, 1.82) is 0 Å². The summed E-state index contributed by atoms with van der Waals surface area (Å²) in [4.78, 5) is 73.1. The molecule has 102 heavy (non-hydrogen) atoms. The monoisotopic (exact) mass is 1490 g/mol. The van der Waals surface area contributed by atoms with Gasteiger partial charge < -0.3 is 33.8 Å². The van der Waals surface area contributed by atoms with E-state index in [0.717, 1.165) is 102 Å². The summed E-state index contributed by atoms with van der Waals surface area (Å²) in [7, 11) is -9.92. The molecule has 0 saturated carbocycles. The van der Waals surface area contributed by atoms with Crippen molar-refractivity contribution in [3.63, 3.8) is 0 Å². The van der Waals surface area contributed by atoms with Gasteiger partial charge in [0.1, 0.15) is 19.3 Å². The highest BCUT2D eigenvalue weighted by Crippen LogP contribution is 2.45. The summed E-state index contributed by atoms with van der Waals surface area (Å²) in [5.41, 5.74) is 0. The SMILES string of the molecule is CCCCCCCCCCCCCCCCCCCCCC(=O)O[C@H](COC(=O)CCCCCCCCCCCCCCCCCCC)COP(=O)(O)OC[C@@H](O)COP(=O)(O)OC[C@@H](COC(=O)CCCCCCCCCCC(C)C)OC(=O)CCCCCCCCCCCCCCC(C)C. The quantitative estimate of drug-likeness (QED) is 0.0222. The van der Waals surface area contributed by atoms with Crippen LogP contribution in [0, 0.1) is 11.8 Å². The number of unbranched alkanes of at least 4 members (excludes halogenated alkanes) is 52. The van der Waals surface area contributed by atoms with E-state index in [1.807, 2.05) is 0 Å². The lowest BCUT2D eigenvalue weighted by Crippen LogP contribution is -2.30. The normalized spacial score (nSPS) is 13.9. The summed E-state index contributed by atoms with van der Waals surface area (Å²) < 4.78 is 68.8. The third kappa shape index (κ3) is 76.3. The first kappa shape index (κ1) is 100. The summed E-state index contributed by atoms with van der Waals surface area (Å²) in [5, 5.41) is 10.7. The zero-order valence-corrected chi connectivity index (χ0v) is 68.7. The minimum Gasteiger partial charge on any atom is -0.462 e. The topological polar surface area (TPSA) is 237 Å². The van der Waals surface area contributed by atoms with Crippen LogP contribution in [0.1, 0.15) is 440 Å². The maximum Gasteiger partial charge on any atom is 0.472 e. The van der Waals surface area contributed by atoms with Gasteiger partial charge in [0.25, 0.3) is 0 Å². The summed E-state index contributed by atoms with van der Waals surface area (Å²) >= 11 is 0. The molecular formula is C83H162O17P2. The zero-order valence-electron chi connectivity index (χ0n) is 66.9. The maximum absolute atomic E-state index is 13.1. The molecule has 0 aromatic heterocycles. The Morgan fingerprint density at radius 1 is 0.265 bits per heavy atom. The van der Waals surface area contributed by atoms with Crippen LogP contribution in [0.2, 0.25) is 0 Å². The Labute approximate surface area is 626 Å².